The maximum atomic E-state index is 14.2. The van der Waals surface area contributed by atoms with E-state index in [1.54, 1.807) is 17.0 Å². The number of nitrogens with zero attached hydrogens (tertiary/aromatic N) is 4. The molecule has 38 heavy (non-hydrogen) atoms. The van der Waals surface area contributed by atoms with Crippen LogP contribution in [0.25, 0.3) is 0 Å². The van der Waals surface area contributed by atoms with Crippen LogP contribution in [0.5, 0.6) is 0 Å². The van der Waals surface area contributed by atoms with E-state index in [0.717, 1.165) is 30.5 Å². The molecule has 0 aliphatic carbocycles. The highest BCUT2D eigenvalue weighted by Crippen LogP contribution is 2.36. The molecule has 0 bridgehead atoms. The number of nitriles is 1. The molecule has 11 heteroatoms. The van der Waals surface area contributed by atoms with Crippen LogP contribution >= 0.6 is 23.2 Å². The Balaban J connectivity index is 1.51. The van der Waals surface area contributed by atoms with Gasteiger partial charge in [0, 0.05) is 37.5 Å². The lowest BCUT2D eigenvalue weighted by molar-refractivity contribution is -0.140. The molecular formula is C27H28Cl2F4N4O. The summed E-state index contributed by atoms with van der Waals surface area (Å²) in [5.74, 6) is -1.45. The van der Waals surface area contributed by atoms with Crippen LogP contribution in [0.1, 0.15) is 35.4 Å². The zero-order valence-electron chi connectivity index (χ0n) is 20.8. The second-order valence-corrected chi connectivity index (χ2v) is 10.9. The molecule has 2 fully saturated rings. The maximum absolute atomic E-state index is 14.2. The Morgan fingerprint density at radius 3 is 2.42 bits per heavy atom. The van der Waals surface area contributed by atoms with Gasteiger partial charge in [0.25, 0.3) is 0 Å². The van der Waals surface area contributed by atoms with Crippen LogP contribution in [0, 0.1) is 23.1 Å². The van der Waals surface area contributed by atoms with Gasteiger partial charge in [-0.15, -0.1) is 0 Å². The van der Waals surface area contributed by atoms with Gasteiger partial charge in [-0.1, -0.05) is 35.3 Å². The molecule has 0 aromatic heterocycles. The fraction of sp³-hybridized carbons (Fsp3) is 0.481. The molecule has 0 radical (unpaired) electrons. The number of hydrogen-bond acceptors (Lipinski definition) is 4. The number of likely N-dealkylation sites (tertiary alicyclic amines) is 2. The summed E-state index contributed by atoms with van der Waals surface area (Å²) in [6.07, 6.45) is -3.28. The molecule has 5 nitrogen and oxygen atoms in total. The molecule has 0 N–H and O–H groups in total. The van der Waals surface area contributed by atoms with Crippen molar-refractivity contribution in [3.63, 3.8) is 0 Å². The fourth-order valence-corrected chi connectivity index (χ4v) is 5.62. The third kappa shape index (κ3) is 6.60. The lowest BCUT2D eigenvalue weighted by atomic mass is 9.93. The van der Waals surface area contributed by atoms with E-state index in [0.29, 0.717) is 41.8 Å². The zero-order valence-corrected chi connectivity index (χ0v) is 22.3. The van der Waals surface area contributed by atoms with E-state index >= 15 is 0 Å². The summed E-state index contributed by atoms with van der Waals surface area (Å²) in [6.45, 7) is 2.67. The lowest BCUT2D eigenvalue weighted by Crippen LogP contribution is -2.43. The monoisotopic (exact) mass is 570 g/mol. The molecular weight excluding hydrogens is 543 g/mol. The Morgan fingerprint density at radius 2 is 1.82 bits per heavy atom. The highest BCUT2D eigenvalue weighted by molar-refractivity contribution is 6.42. The predicted octanol–water partition coefficient (Wildman–Crippen LogP) is 5.81. The van der Waals surface area contributed by atoms with Crippen molar-refractivity contribution < 1.29 is 22.4 Å². The van der Waals surface area contributed by atoms with Crippen molar-refractivity contribution in [3.8, 4) is 6.07 Å². The van der Waals surface area contributed by atoms with Gasteiger partial charge >= 0.3 is 6.18 Å². The number of benzene rings is 2. The Bertz CT molecular complexity index is 1210. The van der Waals surface area contributed by atoms with Crippen molar-refractivity contribution in [2.75, 3.05) is 39.8 Å². The number of likely N-dealkylation sites (N-methyl/N-ethyl adjacent to an activating group) is 1. The summed E-state index contributed by atoms with van der Waals surface area (Å²) in [5.41, 5.74) is -0.00922. The molecule has 0 saturated carbocycles. The highest BCUT2D eigenvalue weighted by atomic mass is 35.5. The average Bonchev–Trinajstić information content (AvgIpc) is 3.31. The van der Waals surface area contributed by atoms with E-state index in [1.165, 1.54) is 6.07 Å². The summed E-state index contributed by atoms with van der Waals surface area (Å²) >= 11 is 12.4. The van der Waals surface area contributed by atoms with Crippen molar-refractivity contribution in [2.24, 2.45) is 5.92 Å². The van der Waals surface area contributed by atoms with E-state index < -0.39 is 17.6 Å². The molecule has 1 amide bonds. The summed E-state index contributed by atoms with van der Waals surface area (Å²) < 4.78 is 53.2. The van der Waals surface area contributed by atoms with Gasteiger partial charge in [0.05, 0.1) is 28.2 Å². The molecule has 204 valence electrons. The van der Waals surface area contributed by atoms with Crippen LogP contribution in [-0.2, 0) is 17.5 Å². The molecule has 2 aromatic rings. The van der Waals surface area contributed by atoms with Crippen molar-refractivity contribution in [1.82, 2.24) is 14.7 Å². The second-order valence-electron chi connectivity index (χ2n) is 10.1. The summed E-state index contributed by atoms with van der Waals surface area (Å²) in [7, 11) is 1.81. The van der Waals surface area contributed by atoms with Crippen molar-refractivity contribution in [3.05, 3.63) is 69.0 Å². The van der Waals surface area contributed by atoms with Crippen LogP contribution in [0.4, 0.5) is 17.6 Å². The molecule has 0 spiro atoms. The van der Waals surface area contributed by atoms with Gasteiger partial charge in [0.2, 0.25) is 5.91 Å². The molecule has 2 aliphatic rings. The van der Waals surface area contributed by atoms with Gasteiger partial charge in [0.15, 0.2) is 0 Å². The van der Waals surface area contributed by atoms with Crippen molar-refractivity contribution >= 4 is 29.1 Å². The minimum atomic E-state index is -4.76. The maximum Gasteiger partial charge on any atom is 0.419 e. The lowest BCUT2D eigenvalue weighted by Gasteiger charge is -2.30. The standard InChI is InChI=1S/C27H28Cl2F4N4O/c1-35(13-18-2-4-21(24(30)10-18)27(31,32)33)25-15-37(14-20(25)19-3-5-22(28)23(29)11-19)26(38)16-36-8-6-17(12-34)7-9-36/h2-5,10-11,17,20,25H,6-9,13-16H2,1H3/t20-,25-/m1/s1. The molecule has 2 atom stereocenters. The first-order chi connectivity index (χ1) is 18.0. The third-order valence-electron chi connectivity index (χ3n) is 7.48. The van der Waals surface area contributed by atoms with Gasteiger partial charge in [-0.25, -0.2) is 4.39 Å². The minimum absolute atomic E-state index is 0.0260. The van der Waals surface area contributed by atoms with Crippen LogP contribution in [0.3, 0.4) is 0 Å². The van der Waals surface area contributed by atoms with Gasteiger partial charge in [-0.2, -0.15) is 18.4 Å². The number of amides is 1. The Labute approximate surface area is 229 Å². The number of alkyl halides is 3. The number of rotatable bonds is 6. The number of piperidine rings is 1. The first-order valence-corrected chi connectivity index (χ1v) is 13.1. The van der Waals surface area contributed by atoms with Gasteiger partial charge in [-0.3, -0.25) is 14.6 Å². The van der Waals surface area contributed by atoms with Crippen molar-refractivity contribution in [1.29, 1.82) is 5.26 Å². The van der Waals surface area contributed by atoms with Crippen LogP contribution < -0.4 is 0 Å². The molecule has 2 saturated heterocycles. The minimum Gasteiger partial charge on any atom is -0.339 e. The largest absolute Gasteiger partial charge is 0.419 e. The third-order valence-corrected chi connectivity index (χ3v) is 8.22. The molecule has 4 rings (SSSR count). The topological polar surface area (TPSA) is 50.6 Å². The summed E-state index contributed by atoms with van der Waals surface area (Å²) in [6, 6.07) is 10.4. The summed E-state index contributed by atoms with van der Waals surface area (Å²) in [5, 5.41) is 9.92. The highest BCUT2D eigenvalue weighted by Gasteiger charge is 2.39. The smallest absolute Gasteiger partial charge is 0.339 e. The van der Waals surface area contributed by atoms with E-state index in [2.05, 4.69) is 11.0 Å². The fourth-order valence-electron chi connectivity index (χ4n) is 5.31. The molecule has 2 heterocycles. The molecule has 2 aliphatic heterocycles. The zero-order chi connectivity index (χ0) is 27.6. The van der Waals surface area contributed by atoms with E-state index in [1.807, 2.05) is 18.0 Å². The first-order valence-electron chi connectivity index (χ1n) is 12.4. The van der Waals surface area contributed by atoms with Crippen molar-refractivity contribution in [2.45, 2.75) is 37.5 Å². The first kappa shape index (κ1) is 28.6. The molecule has 2 aromatic carbocycles. The number of halogens is 6. The second kappa shape index (κ2) is 11.8. The Hall–Kier alpha value is -2.38. The van der Waals surface area contributed by atoms with Gasteiger partial charge in [0.1, 0.15) is 5.82 Å². The van der Waals surface area contributed by atoms with E-state index in [9.17, 15) is 22.4 Å². The van der Waals surface area contributed by atoms with Gasteiger partial charge in [-0.05, 0) is 68.4 Å². The SMILES string of the molecule is CN(Cc1ccc(C(F)(F)F)c(F)c1)[C@@H]1CN(C(=O)CN2CCC(C#N)CC2)C[C@@H]1c1ccc(Cl)c(Cl)c1. The van der Waals surface area contributed by atoms with Crippen LogP contribution in [-0.4, -0.2) is 66.4 Å². The predicted molar refractivity (Wildman–Crippen MR) is 137 cm³/mol. The number of hydrogen-bond donors (Lipinski definition) is 0. The normalized spacial score (nSPS) is 21.2. The quantitative estimate of drug-likeness (QED) is 0.411. The Morgan fingerprint density at radius 1 is 1.11 bits per heavy atom. The van der Waals surface area contributed by atoms with E-state index in [4.69, 9.17) is 28.5 Å². The number of carbonyl (C=O) groups excluding carboxylic acids is 1. The Kier molecular flexibility index (Phi) is 8.88. The number of carbonyl (C=O) groups is 1. The average molecular weight is 571 g/mol. The van der Waals surface area contributed by atoms with Crippen LogP contribution in [0.2, 0.25) is 10.0 Å². The molecule has 0 unspecified atom stereocenters. The van der Waals surface area contributed by atoms with Gasteiger partial charge < -0.3 is 4.90 Å². The summed E-state index contributed by atoms with van der Waals surface area (Å²) in [4.78, 5) is 19.0. The van der Waals surface area contributed by atoms with Crippen LogP contribution in [0.15, 0.2) is 36.4 Å². The van der Waals surface area contributed by atoms with E-state index in [-0.39, 0.29) is 36.9 Å².